The van der Waals surface area contributed by atoms with Gasteiger partial charge >= 0.3 is 0 Å². The highest BCUT2D eigenvalue weighted by Gasteiger charge is 2.19. The number of carbonyl (C=O) groups is 2. The SMILES string of the molecule is Nc1ncnc2c1c(-c1ccc(Oc3ccccc3)cc1)nn2CC(=O)Nc1ccc(C(=O)NO)cc1. The first-order chi connectivity index (χ1) is 18.0. The normalized spacial score (nSPS) is 10.7. The number of nitrogens with zero attached hydrogens (tertiary/aromatic N) is 4. The maximum Gasteiger partial charge on any atom is 0.274 e. The van der Waals surface area contributed by atoms with E-state index in [9.17, 15) is 9.59 Å². The standard InChI is InChI=1S/C26H21N7O4/c27-24-22-23(16-8-12-20(13-9-16)37-19-4-2-1-3-5-19)31-33(25(22)29-15-28-24)14-21(34)30-18-10-6-17(7-11-18)26(35)32-36/h1-13,15,36H,14H2,(H,30,34)(H,32,35)(H2,27,28,29). The predicted molar refractivity (Wildman–Crippen MR) is 136 cm³/mol. The molecule has 0 aliphatic heterocycles. The Morgan fingerprint density at radius 3 is 2.32 bits per heavy atom. The highest BCUT2D eigenvalue weighted by atomic mass is 16.5. The van der Waals surface area contributed by atoms with Crippen LogP contribution in [0.25, 0.3) is 22.3 Å². The molecule has 0 saturated carbocycles. The fraction of sp³-hybridized carbons (Fsp3) is 0.0385. The van der Waals surface area contributed by atoms with E-state index in [1.54, 1.807) is 17.6 Å². The fourth-order valence-corrected chi connectivity index (χ4v) is 3.75. The number of hydroxylamine groups is 1. The number of amides is 2. The highest BCUT2D eigenvalue weighted by molar-refractivity contribution is 5.99. The van der Waals surface area contributed by atoms with E-state index in [1.807, 2.05) is 54.6 Å². The van der Waals surface area contributed by atoms with Crippen LogP contribution in [0.2, 0.25) is 0 Å². The number of anilines is 2. The molecule has 11 nitrogen and oxygen atoms in total. The van der Waals surface area contributed by atoms with Crippen molar-refractivity contribution in [2.24, 2.45) is 0 Å². The molecule has 3 aromatic carbocycles. The van der Waals surface area contributed by atoms with Crippen molar-refractivity contribution in [1.29, 1.82) is 0 Å². The number of hydrogen-bond donors (Lipinski definition) is 4. The van der Waals surface area contributed by atoms with Crippen molar-refractivity contribution in [3.63, 3.8) is 0 Å². The Labute approximate surface area is 210 Å². The van der Waals surface area contributed by atoms with Crippen molar-refractivity contribution in [3.05, 3.63) is 90.8 Å². The largest absolute Gasteiger partial charge is 0.457 e. The van der Waals surface area contributed by atoms with Crippen LogP contribution in [0.15, 0.2) is 85.2 Å². The Morgan fingerprint density at radius 2 is 1.62 bits per heavy atom. The molecule has 5 N–H and O–H groups in total. The van der Waals surface area contributed by atoms with Crippen LogP contribution >= 0.6 is 0 Å². The number of fused-ring (bicyclic) bond motifs is 1. The van der Waals surface area contributed by atoms with Crippen molar-refractivity contribution in [2.75, 3.05) is 11.1 Å². The van der Waals surface area contributed by atoms with Gasteiger partial charge in [0.15, 0.2) is 5.65 Å². The van der Waals surface area contributed by atoms with E-state index in [0.29, 0.717) is 28.2 Å². The number of para-hydroxylation sites is 1. The summed E-state index contributed by atoms with van der Waals surface area (Å²) in [6.45, 7) is -0.138. The van der Waals surface area contributed by atoms with Crippen LogP contribution in [0.5, 0.6) is 11.5 Å². The summed E-state index contributed by atoms with van der Waals surface area (Å²) in [5.41, 5.74) is 10.1. The van der Waals surface area contributed by atoms with Gasteiger partial charge in [-0.1, -0.05) is 18.2 Å². The summed E-state index contributed by atoms with van der Waals surface area (Å²) in [6.07, 6.45) is 1.32. The zero-order valence-electron chi connectivity index (χ0n) is 19.3. The van der Waals surface area contributed by atoms with Crippen molar-refractivity contribution < 1.29 is 19.5 Å². The third kappa shape index (κ3) is 5.06. The van der Waals surface area contributed by atoms with Gasteiger partial charge in [0.25, 0.3) is 5.91 Å². The highest BCUT2D eigenvalue weighted by Crippen LogP contribution is 2.32. The number of benzene rings is 3. The summed E-state index contributed by atoms with van der Waals surface area (Å²) < 4.78 is 7.32. The van der Waals surface area contributed by atoms with Crippen LogP contribution in [0.1, 0.15) is 10.4 Å². The second-order valence-corrected chi connectivity index (χ2v) is 7.97. The molecular weight excluding hydrogens is 474 g/mol. The van der Waals surface area contributed by atoms with Crippen LogP contribution in [0, 0.1) is 0 Å². The molecule has 37 heavy (non-hydrogen) atoms. The van der Waals surface area contributed by atoms with Gasteiger partial charge < -0.3 is 15.8 Å². The molecule has 184 valence electrons. The van der Waals surface area contributed by atoms with Gasteiger partial charge in [0.05, 0.1) is 5.39 Å². The van der Waals surface area contributed by atoms with E-state index in [2.05, 4.69) is 20.4 Å². The van der Waals surface area contributed by atoms with Gasteiger partial charge in [-0.25, -0.2) is 20.1 Å². The van der Waals surface area contributed by atoms with Crippen LogP contribution in [0.3, 0.4) is 0 Å². The molecule has 0 radical (unpaired) electrons. The number of nitrogens with two attached hydrogens (primary N) is 1. The van der Waals surface area contributed by atoms with Gasteiger partial charge in [-0.2, -0.15) is 5.10 Å². The Morgan fingerprint density at radius 1 is 0.919 bits per heavy atom. The summed E-state index contributed by atoms with van der Waals surface area (Å²) in [7, 11) is 0. The molecule has 2 amide bonds. The number of aromatic nitrogens is 4. The van der Waals surface area contributed by atoms with Crippen molar-refractivity contribution >= 4 is 34.4 Å². The first kappa shape index (κ1) is 23.5. The minimum atomic E-state index is -0.648. The summed E-state index contributed by atoms with van der Waals surface area (Å²) in [4.78, 5) is 32.6. The molecule has 5 rings (SSSR count). The molecule has 0 aliphatic carbocycles. The summed E-state index contributed by atoms with van der Waals surface area (Å²) in [6, 6.07) is 22.8. The molecule has 5 aromatic rings. The average Bonchev–Trinajstić information content (AvgIpc) is 3.29. The van der Waals surface area contributed by atoms with Gasteiger partial charge in [-0.3, -0.25) is 14.8 Å². The van der Waals surface area contributed by atoms with Crippen molar-refractivity contribution in [2.45, 2.75) is 6.54 Å². The van der Waals surface area contributed by atoms with Crippen LogP contribution in [-0.4, -0.2) is 36.8 Å². The first-order valence-electron chi connectivity index (χ1n) is 11.2. The van der Waals surface area contributed by atoms with E-state index < -0.39 is 5.91 Å². The summed E-state index contributed by atoms with van der Waals surface area (Å²) in [5.74, 6) is 0.614. The minimum absolute atomic E-state index is 0.138. The monoisotopic (exact) mass is 495 g/mol. The Hall–Kier alpha value is -5.29. The maximum atomic E-state index is 12.8. The molecule has 11 heteroatoms. The van der Waals surface area contributed by atoms with E-state index in [4.69, 9.17) is 15.7 Å². The molecule has 0 spiro atoms. The zero-order chi connectivity index (χ0) is 25.8. The molecule has 0 saturated heterocycles. The number of rotatable bonds is 7. The Kier molecular flexibility index (Phi) is 6.43. The molecule has 0 aliphatic rings. The van der Waals surface area contributed by atoms with Crippen LogP contribution in [0.4, 0.5) is 11.5 Å². The first-order valence-corrected chi connectivity index (χ1v) is 11.2. The lowest BCUT2D eigenvalue weighted by Gasteiger charge is -2.07. The lowest BCUT2D eigenvalue weighted by molar-refractivity contribution is -0.116. The predicted octanol–water partition coefficient (Wildman–Crippen LogP) is 3.63. The molecule has 2 heterocycles. The molecule has 2 aromatic heterocycles. The Balaban J connectivity index is 1.38. The molecule has 0 atom stereocenters. The van der Waals surface area contributed by atoms with Crippen LogP contribution in [-0.2, 0) is 11.3 Å². The smallest absolute Gasteiger partial charge is 0.274 e. The topological polar surface area (TPSA) is 157 Å². The van der Waals surface area contributed by atoms with Gasteiger partial charge in [-0.15, -0.1) is 0 Å². The lowest BCUT2D eigenvalue weighted by atomic mass is 10.1. The Bertz CT molecular complexity index is 1570. The molecular formula is C26H21N7O4. The zero-order valence-corrected chi connectivity index (χ0v) is 19.3. The van der Waals surface area contributed by atoms with Gasteiger partial charge in [0.2, 0.25) is 5.91 Å². The second kappa shape index (κ2) is 10.1. The van der Waals surface area contributed by atoms with E-state index in [1.165, 1.54) is 23.1 Å². The third-order valence-corrected chi connectivity index (χ3v) is 5.49. The van der Waals surface area contributed by atoms with Crippen molar-refractivity contribution in [1.82, 2.24) is 25.2 Å². The van der Waals surface area contributed by atoms with Gasteiger partial charge in [-0.05, 0) is 60.7 Å². The summed E-state index contributed by atoms with van der Waals surface area (Å²) >= 11 is 0. The van der Waals surface area contributed by atoms with Gasteiger partial charge in [0.1, 0.15) is 35.9 Å². The molecule has 0 bridgehead atoms. The number of ether oxygens (including phenoxy) is 1. The van der Waals surface area contributed by atoms with E-state index >= 15 is 0 Å². The quantitative estimate of drug-likeness (QED) is 0.197. The van der Waals surface area contributed by atoms with E-state index in [0.717, 1.165) is 11.3 Å². The number of nitrogens with one attached hydrogen (secondary N) is 2. The van der Waals surface area contributed by atoms with Crippen molar-refractivity contribution in [3.8, 4) is 22.8 Å². The lowest BCUT2D eigenvalue weighted by Crippen LogP contribution is -2.20. The third-order valence-electron chi connectivity index (χ3n) is 5.49. The number of carbonyl (C=O) groups excluding carboxylic acids is 2. The fourth-order valence-electron chi connectivity index (χ4n) is 3.75. The summed E-state index contributed by atoms with van der Waals surface area (Å²) in [5, 5.41) is 16.6. The molecule has 0 fully saturated rings. The van der Waals surface area contributed by atoms with Gasteiger partial charge in [0, 0.05) is 16.8 Å². The average molecular weight is 495 g/mol. The second-order valence-electron chi connectivity index (χ2n) is 7.97. The number of nitrogen functional groups attached to an aromatic ring is 1. The van der Waals surface area contributed by atoms with E-state index in [-0.39, 0.29) is 23.8 Å². The maximum absolute atomic E-state index is 12.8. The number of hydrogen-bond acceptors (Lipinski definition) is 8. The molecule has 0 unspecified atom stereocenters. The minimum Gasteiger partial charge on any atom is -0.457 e. The van der Waals surface area contributed by atoms with Crippen LogP contribution < -0.4 is 21.3 Å².